The van der Waals surface area contributed by atoms with Gasteiger partial charge < -0.3 is 9.52 Å². The van der Waals surface area contributed by atoms with Gasteiger partial charge in [-0.15, -0.1) is 0 Å². The van der Waals surface area contributed by atoms with Crippen molar-refractivity contribution in [3.8, 4) is 5.75 Å². The Bertz CT molecular complexity index is 1050. The highest BCUT2D eigenvalue weighted by molar-refractivity contribution is 7.91. The van der Waals surface area contributed by atoms with Crippen LogP contribution < -0.4 is 5.63 Å². The molecule has 5 nitrogen and oxygen atoms in total. The second-order valence-corrected chi connectivity index (χ2v) is 11.2. The van der Waals surface area contributed by atoms with Crippen LogP contribution in [0.1, 0.15) is 87.2 Å². The molecule has 0 amide bonds. The van der Waals surface area contributed by atoms with E-state index in [1.54, 1.807) is 24.3 Å². The average Bonchev–Trinajstić information content (AvgIpc) is 3.57. The summed E-state index contributed by atoms with van der Waals surface area (Å²) in [5, 5.41) is 9.88. The van der Waals surface area contributed by atoms with Crippen LogP contribution in [0.25, 0.3) is 0 Å². The number of hydrogen-bond donors (Lipinski definition) is 1. The summed E-state index contributed by atoms with van der Waals surface area (Å²) in [6, 6.07) is 10.3. The summed E-state index contributed by atoms with van der Waals surface area (Å²) in [5.74, 6) is 0.478. The highest BCUT2D eigenvalue weighted by Crippen LogP contribution is 2.48. The highest BCUT2D eigenvalue weighted by Gasteiger charge is 2.44. The Kier molecular flexibility index (Phi) is 6.56. The molecule has 168 valence electrons. The maximum absolute atomic E-state index is 13.5. The second kappa shape index (κ2) is 9.19. The van der Waals surface area contributed by atoms with E-state index in [0.29, 0.717) is 17.2 Å². The molecule has 2 fully saturated rings. The topological polar surface area (TPSA) is 84.6 Å². The van der Waals surface area contributed by atoms with Crippen LogP contribution in [0.3, 0.4) is 0 Å². The Morgan fingerprint density at radius 2 is 1.74 bits per heavy atom. The Hall–Kier alpha value is -2.08. The molecule has 4 rings (SSSR count). The van der Waals surface area contributed by atoms with Crippen LogP contribution in [0.5, 0.6) is 5.75 Å². The summed E-state index contributed by atoms with van der Waals surface area (Å²) in [6.07, 6.45) is 9.37. The first-order chi connectivity index (χ1) is 14.9. The van der Waals surface area contributed by atoms with Gasteiger partial charge in [0.15, 0.2) is 14.7 Å². The lowest BCUT2D eigenvalue weighted by atomic mass is 9.81. The molecule has 2 unspecified atom stereocenters. The van der Waals surface area contributed by atoms with Crippen molar-refractivity contribution in [1.82, 2.24) is 0 Å². The van der Waals surface area contributed by atoms with E-state index in [-0.39, 0.29) is 11.8 Å². The molecule has 1 heterocycles. The number of sulfone groups is 1. The van der Waals surface area contributed by atoms with E-state index in [1.165, 1.54) is 38.2 Å². The lowest BCUT2D eigenvalue weighted by Gasteiger charge is -2.25. The van der Waals surface area contributed by atoms with Gasteiger partial charge in [0.1, 0.15) is 11.5 Å². The van der Waals surface area contributed by atoms with Gasteiger partial charge in [0.25, 0.3) is 0 Å². The fourth-order valence-electron chi connectivity index (χ4n) is 5.13. The zero-order valence-electron chi connectivity index (χ0n) is 18.1. The summed E-state index contributed by atoms with van der Waals surface area (Å²) in [5.41, 5.74) is -0.296. The molecule has 0 bridgehead atoms. The molecule has 31 heavy (non-hydrogen) atoms. The van der Waals surface area contributed by atoms with Gasteiger partial charge >= 0.3 is 5.63 Å². The molecule has 1 aromatic heterocycles. The Morgan fingerprint density at radius 1 is 1.06 bits per heavy atom. The molecule has 0 radical (unpaired) electrons. The van der Waals surface area contributed by atoms with Crippen molar-refractivity contribution in [3.63, 3.8) is 0 Å². The molecule has 2 atom stereocenters. The van der Waals surface area contributed by atoms with Gasteiger partial charge in [0.2, 0.25) is 0 Å². The smallest absolute Gasteiger partial charge is 0.358 e. The predicted octanol–water partition coefficient (Wildman–Crippen LogP) is 5.73. The zero-order valence-corrected chi connectivity index (χ0v) is 18.9. The molecule has 1 aromatic carbocycles. The minimum Gasteiger partial charge on any atom is -0.506 e. The van der Waals surface area contributed by atoms with Crippen LogP contribution >= 0.6 is 0 Å². The van der Waals surface area contributed by atoms with E-state index < -0.39 is 31.4 Å². The van der Waals surface area contributed by atoms with Gasteiger partial charge in [0, 0.05) is 12.0 Å². The van der Waals surface area contributed by atoms with Crippen LogP contribution in [0.4, 0.5) is 0 Å². The monoisotopic (exact) mass is 444 g/mol. The third-order valence-corrected chi connectivity index (χ3v) is 9.21. The summed E-state index contributed by atoms with van der Waals surface area (Å²) in [4.78, 5) is 12.3. The van der Waals surface area contributed by atoms with Gasteiger partial charge in [0.05, 0.1) is 5.25 Å². The fourth-order valence-corrected chi connectivity index (χ4v) is 7.31. The van der Waals surface area contributed by atoms with Crippen LogP contribution in [-0.4, -0.2) is 13.5 Å². The van der Waals surface area contributed by atoms with Crippen molar-refractivity contribution in [2.75, 3.05) is 0 Å². The van der Waals surface area contributed by atoms with Gasteiger partial charge in [-0.05, 0) is 43.1 Å². The molecule has 2 aromatic rings. The van der Waals surface area contributed by atoms with Crippen LogP contribution in [0, 0.1) is 11.8 Å². The third-order valence-electron chi connectivity index (χ3n) is 6.94. The first-order valence-electron chi connectivity index (χ1n) is 11.6. The molecule has 0 saturated heterocycles. The van der Waals surface area contributed by atoms with Crippen molar-refractivity contribution in [2.24, 2.45) is 11.8 Å². The molecule has 6 heteroatoms. The normalized spacial score (nSPS) is 19.8. The molecule has 2 saturated carbocycles. The molecule has 2 aliphatic rings. The minimum atomic E-state index is -4.08. The summed E-state index contributed by atoms with van der Waals surface area (Å²) < 4.78 is 32.6. The number of hydrogen-bond acceptors (Lipinski definition) is 5. The SMILES string of the molecule is CCC(CC1CCCCC1)c1cc(O)c(S(=O)(=O)C(c2ccccc2)C2CC2)c(=O)o1. The van der Waals surface area contributed by atoms with E-state index >= 15 is 0 Å². The number of aromatic hydroxyl groups is 1. The first kappa shape index (κ1) is 22.1. The molecule has 0 aliphatic heterocycles. The maximum Gasteiger partial charge on any atom is 0.358 e. The molecular formula is C25H32O5S. The lowest BCUT2D eigenvalue weighted by molar-refractivity contribution is 0.288. The lowest BCUT2D eigenvalue weighted by Crippen LogP contribution is -2.23. The molecule has 1 N–H and O–H groups in total. The predicted molar refractivity (Wildman–Crippen MR) is 120 cm³/mol. The fraction of sp³-hybridized carbons (Fsp3) is 0.560. The maximum atomic E-state index is 13.5. The highest BCUT2D eigenvalue weighted by atomic mass is 32.2. The van der Waals surface area contributed by atoms with Crippen molar-refractivity contribution < 1.29 is 17.9 Å². The molecular weight excluding hydrogens is 412 g/mol. The Balaban J connectivity index is 1.67. The van der Waals surface area contributed by atoms with Gasteiger partial charge in [-0.25, -0.2) is 13.2 Å². The Morgan fingerprint density at radius 3 is 2.32 bits per heavy atom. The van der Waals surface area contributed by atoms with Gasteiger partial charge in [-0.1, -0.05) is 69.4 Å². The summed E-state index contributed by atoms with van der Waals surface area (Å²) in [7, 11) is -4.08. The van der Waals surface area contributed by atoms with Crippen molar-refractivity contribution >= 4 is 9.84 Å². The van der Waals surface area contributed by atoms with E-state index in [9.17, 15) is 18.3 Å². The third kappa shape index (κ3) is 4.74. The van der Waals surface area contributed by atoms with Crippen LogP contribution in [-0.2, 0) is 9.84 Å². The minimum absolute atomic E-state index is 0.00630. The summed E-state index contributed by atoms with van der Waals surface area (Å²) in [6.45, 7) is 2.04. The zero-order chi connectivity index (χ0) is 22.0. The molecule has 2 aliphatic carbocycles. The largest absolute Gasteiger partial charge is 0.506 e. The molecule has 0 spiro atoms. The second-order valence-electron chi connectivity index (χ2n) is 9.21. The standard InChI is InChI=1S/C25H32O5S/c1-2-18(15-17-9-5-3-6-10-17)22-16-21(26)24(25(27)30-22)31(28,29)23(20-13-14-20)19-11-7-4-8-12-19/h4,7-8,11-12,16-18,20,23,26H,2-3,5-6,9-10,13-15H2,1H3. The number of rotatable bonds is 8. The van der Waals surface area contributed by atoms with E-state index in [2.05, 4.69) is 0 Å². The Labute approximate surface area is 184 Å². The quantitative estimate of drug-likeness (QED) is 0.562. The first-order valence-corrected chi connectivity index (χ1v) is 13.1. The van der Waals surface area contributed by atoms with Gasteiger partial charge in [-0.2, -0.15) is 0 Å². The van der Waals surface area contributed by atoms with E-state index in [0.717, 1.165) is 25.7 Å². The van der Waals surface area contributed by atoms with Crippen LogP contribution in [0.15, 0.2) is 50.5 Å². The van der Waals surface area contributed by atoms with Crippen molar-refractivity contribution in [3.05, 3.63) is 58.1 Å². The van der Waals surface area contributed by atoms with Crippen molar-refractivity contribution in [1.29, 1.82) is 0 Å². The number of benzene rings is 1. The van der Waals surface area contributed by atoms with E-state index in [1.807, 2.05) is 13.0 Å². The van der Waals surface area contributed by atoms with Crippen molar-refractivity contribution in [2.45, 2.75) is 80.8 Å². The van der Waals surface area contributed by atoms with Gasteiger partial charge in [-0.3, -0.25) is 0 Å². The summed E-state index contributed by atoms with van der Waals surface area (Å²) >= 11 is 0. The van der Waals surface area contributed by atoms with E-state index in [4.69, 9.17) is 4.42 Å². The average molecular weight is 445 g/mol. The van der Waals surface area contributed by atoms with Crippen LogP contribution in [0.2, 0.25) is 0 Å².